The minimum atomic E-state index is -1.41. The predicted octanol–water partition coefficient (Wildman–Crippen LogP) is 12.4. The Hall–Kier alpha value is -4.63. The van der Waals surface area contributed by atoms with E-state index >= 15 is 0 Å². The fourth-order valence-corrected chi connectivity index (χ4v) is 11.4. The van der Waals surface area contributed by atoms with Gasteiger partial charge in [-0.15, -0.1) is 0 Å². The van der Waals surface area contributed by atoms with Crippen molar-refractivity contribution in [3.63, 3.8) is 0 Å². The standard InChI is InChI=1S/C18H24OSi2.C15H16OSi.C12H8O/c1-20(2,3)15-11-7-9-13-14-10-8-12-16(21(4,5)6)18(14)19-17(13)15;1-17(2,3)14-10-6-8-12-11-7-4-5-9-13(11)16-15(12)14;1-3-7-11-9(5-1)10-6-2-4-8-12(10)13-11/h7-12H,1-6H3;4-10H,1-3H3;1-8H. The number of hydrogen-bond acceptors (Lipinski definition) is 3. The minimum Gasteiger partial charge on any atom is -0.456 e. The summed E-state index contributed by atoms with van der Waals surface area (Å²) in [6, 6.07) is 44.3. The van der Waals surface area contributed by atoms with Crippen molar-refractivity contribution in [3.05, 3.63) is 127 Å². The monoisotopic (exact) mass is 720 g/mol. The number of hydrogen-bond donors (Lipinski definition) is 0. The van der Waals surface area contributed by atoms with E-state index in [2.05, 4.69) is 138 Å². The van der Waals surface area contributed by atoms with Gasteiger partial charge < -0.3 is 13.3 Å². The van der Waals surface area contributed by atoms with Gasteiger partial charge in [-0.2, -0.15) is 0 Å². The fraction of sp³-hybridized carbons (Fsp3) is 0.200. The van der Waals surface area contributed by atoms with Crippen molar-refractivity contribution < 1.29 is 13.3 Å². The van der Waals surface area contributed by atoms with Crippen LogP contribution in [0, 0.1) is 0 Å². The first-order valence-electron chi connectivity index (χ1n) is 17.9. The molecule has 0 unspecified atom stereocenters. The van der Waals surface area contributed by atoms with E-state index in [1.165, 1.54) is 47.9 Å². The van der Waals surface area contributed by atoms with Crippen molar-refractivity contribution in [2.24, 2.45) is 0 Å². The highest BCUT2D eigenvalue weighted by Crippen LogP contribution is 2.31. The SMILES string of the molecule is C[Si](C)(C)c1cccc2c1oc1c([Si](C)(C)C)cccc12.C[Si](C)(C)c1cccc2c1oc1ccccc12.c1ccc2c(c1)oc1ccccc12. The van der Waals surface area contributed by atoms with E-state index in [1.54, 1.807) is 0 Å². The van der Waals surface area contributed by atoms with Crippen LogP contribution in [0.1, 0.15) is 0 Å². The topological polar surface area (TPSA) is 39.4 Å². The summed E-state index contributed by atoms with van der Waals surface area (Å²) in [4.78, 5) is 0. The molecule has 0 spiro atoms. The van der Waals surface area contributed by atoms with Gasteiger partial charge in [-0.1, -0.05) is 168 Å². The smallest absolute Gasteiger partial charge is 0.135 e. The highest BCUT2D eigenvalue weighted by molar-refractivity contribution is 6.91. The average Bonchev–Trinajstić information content (AvgIpc) is 3.78. The molecule has 0 aliphatic heterocycles. The maximum Gasteiger partial charge on any atom is 0.135 e. The fourth-order valence-electron chi connectivity index (χ4n) is 7.01. The molecule has 0 fully saturated rings. The van der Waals surface area contributed by atoms with Gasteiger partial charge in [0.2, 0.25) is 0 Å². The molecular weight excluding hydrogens is 673 g/mol. The van der Waals surface area contributed by atoms with Gasteiger partial charge in [-0.05, 0) is 33.8 Å². The van der Waals surface area contributed by atoms with Gasteiger partial charge in [0.05, 0.1) is 24.2 Å². The van der Waals surface area contributed by atoms with Gasteiger partial charge in [0, 0.05) is 32.3 Å². The number of rotatable bonds is 3. The zero-order valence-electron chi connectivity index (χ0n) is 31.3. The summed E-state index contributed by atoms with van der Waals surface area (Å²) < 4.78 is 18.1. The lowest BCUT2D eigenvalue weighted by molar-refractivity contribution is 0.669. The Morgan fingerprint density at radius 3 is 0.922 bits per heavy atom. The minimum absolute atomic E-state index is 0.962. The van der Waals surface area contributed by atoms with Crippen LogP contribution in [0.2, 0.25) is 58.9 Å². The van der Waals surface area contributed by atoms with Crippen LogP contribution in [-0.4, -0.2) is 24.2 Å². The third-order valence-electron chi connectivity index (χ3n) is 9.64. The summed E-state index contributed by atoms with van der Waals surface area (Å²) in [5.74, 6) is 0. The average molecular weight is 721 g/mol. The second-order valence-corrected chi connectivity index (χ2v) is 31.7. The Morgan fingerprint density at radius 1 is 0.275 bits per heavy atom. The Balaban J connectivity index is 0.000000123. The van der Waals surface area contributed by atoms with Gasteiger partial charge in [0.25, 0.3) is 0 Å². The summed E-state index contributed by atoms with van der Waals surface area (Å²) in [6.07, 6.45) is 0. The molecule has 0 amide bonds. The lowest BCUT2D eigenvalue weighted by Gasteiger charge is -2.17. The van der Waals surface area contributed by atoms with Crippen LogP contribution in [0.15, 0.2) is 141 Å². The van der Waals surface area contributed by atoms with E-state index in [1.807, 2.05) is 48.5 Å². The molecule has 0 aliphatic rings. The zero-order chi connectivity index (χ0) is 36.1. The first kappa shape index (κ1) is 34.8. The summed E-state index contributed by atoms with van der Waals surface area (Å²) in [7, 11) is -4.17. The summed E-state index contributed by atoms with van der Waals surface area (Å²) >= 11 is 0. The van der Waals surface area contributed by atoms with E-state index in [4.69, 9.17) is 13.3 Å². The van der Waals surface area contributed by atoms with Crippen LogP contribution in [0.5, 0.6) is 0 Å². The maximum absolute atomic E-state index is 6.44. The molecule has 3 nitrogen and oxygen atoms in total. The molecule has 3 aromatic heterocycles. The van der Waals surface area contributed by atoms with Gasteiger partial charge in [0.1, 0.15) is 33.5 Å². The third-order valence-corrected chi connectivity index (χ3v) is 15.7. The molecular formula is C45H48O3Si3. The van der Waals surface area contributed by atoms with Gasteiger partial charge in [0.15, 0.2) is 0 Å². The molecule has 0 N–H and O–H groups in total. The number of furan rings is 3. The van der Waals surface area contributed by atoms with Crippen molar-refractivity contribution in [1.82, 2.24) is 0 Å². The molecule has 0 radical (unpaired) electrons. The van der Waals surface area contributed by atoms with E-state index in [-0.39, 0.29) is 0 Å². The van der Waals surface area contributed by atoms with Gasteiger partial charge in [-0.3, -0.25) is 0 Å². The van der Waals surface area contributed by atoms with Crippen LogP contribution < -0.4 is 15.6 Å². The second kappa shape index (κ2) is 13.2. The Labute approximate surface area is 303 Å². The van der Waals surface area contributed by atoms with Crippen LogP contribution >= 0.6 is 0 Å². The molecule has 0 aliphatic carbocycles. The molecule has 0 saturated carbocycles. The molecule has 0 saturated heterocycles. The Kier molecular flexibility index (Phi) is 8.98. The molecule has 9 aromatic rings. The molecule has 51 heavy (non-hydrogen) atoms. The predicted molar refractivity (Wildman–Crippen MR) is 230 cm³/mol. The lowest BCUT2D eigenvalue weighted by atomic mass is 10.1. The van der Waals surface area contributed by atoms with Crippen molar-refractivity contribution in [2.75, 3.05) is 0 Å². The number of fused-ring (bicyclic) bond motifs is 9. The van der Waals surface area contributed by atoms with Gasteiger partial charge >= 0.3 is 0 Å². The quantitative estimate of drug-likeness (QED) is 0.171. The van der Waals surface area contributed by atoms with E-state index in [9.17, 15) is 0 Å². The van der Waals surface area contributed by atoms with Crippen LogP contribution in [0.4, 0.5) is 0 Å². The zero-order valence-corrected chi connectivity index (χ0v) is 34.3. The molecule has 0 bridgehead atoms. The van der Waals surface area contributed by atoms with Crippen molar-refractivity contribution in [1.29, 1.82) is 0 Å². The van der Waals surface area contributed by atoms with Crippen LogP contribution in [0.25, 0.3) is 65.8 Å². The molecule has 9 rings (SSSR count). The number of para-hydroxylation sites is 6. The van der Waals surface area contributed by atoms with Crippen molar-refractivity contribution in [3.8, 4) is 0 Å². The molecule has 3 heterocycles. The molecule has 258 valence electrons. The van der Waals surface area contributed by atoms with Crippen molar-refractivity contribution >= 4 is 106 Å². The third kappa shape index (κ3) is 6.76. The summed E-state index contributed by atoms with van der Waals surface area (Å²) in [6.45, 7) is 21.4. The van der Waals surface area contributed by atoms with Crippen LogP contribution in [0.3, 0.4) is 0 Å². The second-order valence-electron chi connectivity index (χ2n) is 16.6. The highest BCUT2D eigenvalue weighted by atomic mass is 28.3. The summed E-state index contributed by atoms with van der Waals surface area (Å²) in [5.41, 5.74) is 6.25. The van der Waals surface area contributed by atoms with E-state index in [0.717, 1.165) is 33.5 Å². The Morgan fingerprint density at radius 2 is 0.549 bits per heavy atom. The first-order valence-corrected chi connectivity index (χ1v) is 28.4. The first-order chi connectivity index (χ1) is 24.2. The normalized spacial score (nSPS) is 12.4. The largest absolute Gasteiger partial charge is 0.456 e. The highest BCUT2D eigenvalue weighted by Gasteiger charge is 2.26. The maximum atomic E-state index is 6.44. The van der Waals surface area contributed by atoms with Crippen molar-refractivity contribution in [2.45, 2.75) is 58.9 Å². The van der Waals surface area contributed by atoms with Gasteiger partial charge in [-0.25, -0.2) is 0 Å². The van der Waals surface area contributed by atoms with E-state index < -0.39 is 24.2 Å². The molecule has 0 atom stereocenters. The van der Waals surface area contributed by atoms with Crippen LogP contribution in [-0.2, 0) is 0 Å². The number of benzene rings is 6. The molecule has 6 heteroatoms. The summed E-state index contributed by atoms with van der Waals surface area (Å²) in [5, 5.41) is 11.7. The lowest BCUT2D eigenvalue weighted by Crippen LogP contribution is -2.38. The van der Waals surface area contributed by atoms with E-state index in [0.29, 0.717) is 0 Å². The molecule has 6 aromatic carbocycles. The Bertz CT molecular complexity index is 2540.